The molecule has 0 aliphatic heterocycles. The second kappa shape index (κ2) is 6.73. The summed E-state index contributed by atoms with van der Waals surface area (Å²) in [6.45, 7) is 1.57. The summed E-state index contributed by atoms with van der Waals surface area (Å²) in [5.41, 5.74) is 0.999. The molecule has 0 aliphatic carbocycles. The summed E-state index contributed by atoms with van der Waals surface area (Å²) in [5.74, 6) is 0. The van der Waals surface area contributed by atoms with Crippen LogP contribution in [0, 0.1) is 0 Å². The van der Waals surface area contributed by atoms with Crippen molar-refractivity contribution in [3.8, 4) is 0 Å². The van der Waals surface area contributed by atoms with Crippen molar-refractivity contribution in [1.29, 1.82) is 0 Å². The monoisotopic (exact) mass is 345 g/mol. The van der Waals surface area contributed by atoms with E-state index in [1.165, 1.54) is 0 Å². The number of nitrogens with one attached hydrogen (secondary N) is 1. The summed E-state index contributed by atoms with van der Waals surface area (Å²) in [5, 5.41) is 4.91. The fourth-order valence-corrected chi connectivity index (χ4v) is 2.24. The van der Waals surface area contributed by atoms with Gasteiger partial charge in [0.05, 0.1) is 6.04 Å². The Hall–Kier alpha value is -1.16. The molecule has 2 rings (SSSR count). The van der Waals surface area contributed by atoms with Crippen LogP contribution < -0.4 is 5.32 Å². The van der Waals surface area contributed by atoms with Crippen LogP contribution in [0.1, 0.15) is 18.5 Å². The number of carbonyl (C=O) groups is 1. The molecule has 112 valence electrons. The molecular formula is C15H14Cl3NO2. The van der Waals surface area contributed by atoms with E-state index in [9.17, 15) is 4.79 Å². The summed E-state index contributed by atoms with van der Waals surface area (Å²) < 4.78 is 3.25. The van der Waals surface area contributed by atoms with E-state index in [0.717, 1.165) is 16.3 Å². The Morgan fingerprint density at radius 3 is 2.57 bits per heavy atom. The molecule has 0 saturated heterocycles. The van der Waals surface area contributed by atoms with E-state index in [-0.39, 0.29) is 12.6 Å². The molecule has 2 aromatic carbocycles. The van der Waals surface area contributed by atoms with Gasteiger partial charge in [0.1, 0.15) is 6.61 Å². The Kier molecular flexibility index (Phi) is 5.20. The molecule has 1 unspecified atom stereocenters. The first-order valence-electron chi connectivity index (χ1n) is 6.34. The van der Waals surface area contributed by atoms with Gasteiger partial charge in [-0.15, -0.1) is 0 Å². The zero-order valence-corrected chi connectivity index (χ0v) is 13.5. The van der Waals surface area contributed by atoms with E-state index >= 15 is 0 Å². The normalized spacial score (nSPS) is 13.0. The molecule has 0 bridgehead atoms. The maximum Gasteiger partial charge on any atom is 0.407 e. The van der Waals surface area contributed by atoms with Crippen molar-refractivity contribution in [3.05, 3.63) is 48.0 Å². The molecule has 21 heavy (non-hydrogen) atoms. The summed E-state index contributed by atoms with van der Waals surface area (Å²) in [7, 11) is 0. The van der Waals surface area contributed by atoms with E-state index in [1.54, 1.807) is 0 Å². The van der Waals surface area contributed by atoms with Crippen LogP contribution in [0.3, 0.4) is 0 Å². The predicted octanol–water partition coefficient (Wildman–Crippen LogP) is 5.00. The molecule has 6 heteroatoms. The van der Waals surface area contributed by atoms with Crippen LogP contribution in [-0.2, 0) is 4.74 Å². The number of hydrogen-bond acceptors (Lipinski definition) is 2. The van der Waals surface area contributed by atoms with Crippen molar-refractivity contribution in [1.82, 2.24) is 5.32 Å². The number of hydrogen-bond donors (Lipinski definition) is 1. The minimum atomic E-state index is -1.61. The second-order valence-electron chi connectivity index (χ2n) is 4.63. The van der Waals surface area contributed by atoms with Gasteiger partial charge < -0.3 is 10.1 Å². The Bertz CT molecular complexity index is 635. The van der Waals surface area contributed by atoms with Gasteiger partial charge >= 0.3 is 6.09 Å². The lowest BCUT2D eigenvalue weighted by Gasteiger charge is -2.18. The molecule has 0 heterocycles. The van der Waals surface area contributed by atoms with E-state index in [1.807, 2.05) is 49.4 Å². The Morgan fingerprint density at radius 2 is 1.86 bits per heavy atom. The number of amides is 1. The molecule has 2 aromatic rings. The average Bonchev–Trinajstić information content (AvgIpc) is 2.43. The fourth-order valence-electron chi connectivity index (χ4n) is 2.07. The van der Waals surface area contributed by atoms with Crippen molar-refractivity contribution in [3.63, 3.8) is 0 Å². The van der Waals surface area contributed by atoms with Crippen molar-refractivity contribution < 1.29 is 9.53 Å². The SMILES string of the molecule is CC(NC(=O)OCC(Cl)(Cl)Cl)c1cccc2ccccc12. The number of rotatable bonds is 3. The number of alkyl carbamates (subject to hydrolysis) is 1. The van der Waals surface area contributed by atoms with Gasteiger partial charge in [-0.3, -0.25) is 0 Å². The predicted molar refractivity (Wildman–Crippen MR) is 87.1 cm³/mol. The van der Waals surface area contributed by atoms with Crippen LogP contribution in [0.25, 0.3) is 10.8 Å². The van der Waals surface area contributed by atoms with E-state index < -0.39 is 9.89 Å². The third kappa shape index (κ3) is 4.67. The van der Waals surface area contributed by atoms with Crippen LogP contribution in [0.4, 0.5) is 4.79 Å². The molecule has 0 aromatic heterocycles. The van der Waals surface area contributed by atoms with Crippen LogP contribution in [0.15, 0.2) is 42.5 Å². The van der Waals surface area contributed by atoms with Gasteiger partial charge in [0, 0.05) is 0 Å². The molecule has 0 spiro atoms. The molecular weight excluding hydrogens is 333 g/mol. The standard InChI is InChI=1S/C15H14Cl3NO2/c1-10(19-14(20)21-9-15(16,17)18)12-8-4-6-11-5-2-3-7-13(11)12/h2-8,10H,9H2,1H3,(H,19,20). The lowest BCUT2D eigenvalue weighted by atomic mass is 10.00. The van der Waals surface area contributed by atoms with Gasteiger partial charge in [0.2, 0.25) is 3.79 Å². The smallest absolute Gasteiger partial charge is 0.407 e. The molecule has 1 atom stereocenters. The van der Waals surface area contributed by atoms with Crippen LogP contribution in [-0.4, -0.2) is 16.5 Å². The van der Waals surface area contributed by atoms with Gasteiger partial charge in [-0.2, -0.15) is 0 Å². The molecule has 1 N–H and O–H groups in total. The topological polar surface area (TPSA) is 38.3 Å². The van der Waals surface area contributed by atoms with Crippen molar-refractivity contribution in [2.24, 2.45) is 0 Å². The average molecular weight is 347 g/mol. The molecule has 0 fully saturated rings. The Labute approximate surface area is 138 Å². The van der Waals surface area contributed by atoms with E-state index in [0.29, 0.717) is 0 Å². The first-order valence-corrected chi connectivity index (χ1v) is 7.48. The van der Waals surface area contributed by atoms with Crippen LogP contribution in [0.2, 0.25) is 0 Å². The maximum absolute atomic E-state index is 11.7. The number of ether oxygens (including phenoxy) is 1. The van der Waals surface area contributed by atoms with Crippen molar-refractivity contribution in [2.75, 3.05) is 6.61 Å². The molecule has 0 radical (unpaired) electrons. The van der Waals surface area contributed by atoms with Crippen molar-refractivity contribution >= 4 is 51.7 Å². The summed E-state index contributed by atoms with van der Waals surface area (Å²) in [6, 6.07) is 13.7. The van der Waals surface area contributed by atoms with Crippen LogP contribution in [0.5, 0.6) is 0 Å². The number of alkyl halides is 3. The minimum absolute atomic E-state index is 0.223. The highest BCUT2D eigenvalue weighted by Crippen LogP contribution is 2.26. The van der Waals surface area contributed by atoms with Gasteiger partial charge in [0.15, 0.2) is 0 Å². The summed E-state index contributed by atoms with van der Waals surface area (Å²) in [4.78, 5) is 11.7. The second-order valence-corrected chi connectivity index (χ2v) is 7.14. The van der Waals surface area contributed by atoms with Crippen molar-refractivity contribution in [2.45, 2.75) is 16.8 Å². The number of carbonyl (C=O) groups excluding carboxylic acids is 1. The van der Waals surface area contributed by atoms with E-state index in [2.05, 4.69) is 5.32 Å². The zero-order valence-electron chi connectivity index (χ0n) is 11.3. The van der Waals surface area contributed by atoms with E-state index in [4.69, 9.17) is 39.5 Å². The number of halogens is 3. The lowest BCUT2D eigenvalue weighted by Crippen LogP contribution is -2.30. The Balaban J connectivity index is 2.09. The third-order valence-corrected chi connectivity index (χ3v) is 3.32. The fraction of sp³-hybridized carbons (Fsp3) is 0.267. The van der Waals surface area contributed by atoms with Gasteiger partial charge in [-0.1, -0.05) is 77.3 Å². The first kappa shape index (κ1) is 16.2. The third-order valence-electron chi connectivity index (χ3n) is 2.99. The molecule has 1 amide bonds. The number of fused-ring (bicyclic) bond motifs is 1. The lowest BCUT2D eigenvalue weighted by molar-refractivity contribution is 0.145. The summed E-state index contributed by atoms with van der Waals surface area (Å²) in [6.07, 6.45) is -0.623. The van der Waals surface area contributed by atoms with Crippen LogP contribution >= 0.6 is 34.8 Å². The van der Waals surface area contributed by atoms with Gasteiger partial charge in [-0.05, 0) is 23.3 Å². The minimum Gasteiger partial charge on any atom is -0.445 e. The highest BCUT2D eigenvalue weighted by molar-refractivity contribution is 6.67. The quantitative estimate of drug-likeness (QED) is 0.794. The Morgan fingerprint density at radius 1 is 1.19 bits per heavy atom. The van der Waals surface area contributed by atoms with Gasteiger partial charge in [-0.25, -0.2) is 4.79 Å². The molecule has 0 aliphatic rings. The zero-order chi connectivity index (χ0) is 15.5. The number of benzene rings is 2. The maximum atomic E-state index is 11.7. The molecule has 0 saturated carbocycles. The van der Waals surface area contributed by atoms with Gasteiger partial charge in [0.25, 0.3) is 0 Å². The highest BCUT2D eigenvalue weighted by atomic mass is 35.6. The first-order chi connectivity index (χ1) is 9.87. The highest BCUT2D eigenvalue weighted by Gasteiger charge is 2.23. The molecule has 3 nitrogen and oxygen atoms in total. The summed E-state index contributed by atoms with van der Waals surface area (Å²) >= 11 is 16.6. The largest absolute Gasteiger partial charge is 0.445 e.